The first kappa shape index (κ1) is 14.4. The fraction of sp³-hybridized carbons (Fsp3) is 0.250. The fourth-order valence-electron chi connectivity index (χ4n) is 2.05. The highest BCUT2D eigenvalue weighted by atomic mass is 35.5. The van der Waals surface area contributed by atoms with Crippen LogP contribution in [-0.2, 0) is 9.53 Å². The lowest BCUT2D eigenvalue weighted by Gasteiger charge is -2.30. The maximum Gasteiger partial charge on any atom is 0.349 e. The molecule has 0 atom stereocenters. The summed E-state index contributed by atoms with van der Waals surface area (Å²) < 4.78 is 5.20. The van der Waals surface area contributed by atoms with Crippen molar-refractivity contribution in [2.45, 2.75) is 25.9 Å². The third-order valence-electron chi connectivity index (χ3n) is 2.97. The zero-order valence-electron chi connectivity index (χ0n) is 11.3. The van der Waals surface area contributed by atoms with Gasteiger partial charge in [0.15, 0.2) is 0 Å². The van der Waals surface area contributed by atoms with Crippen LogP contribution in [0, 0.1) is 11.3 Å². The first-order chi connectivity index (χ1) is 9.41. The van der Waals surface area contributed by atoms with Crippen LogP contribution in [-0.4, -0.2) is 11.6 Å². The summed E-state index contributed by atoms with van der Waals surface area (Å²) in [4.78, 5) is 11.8. The van der Waals surface area contributed by atoms with Gasteiger partial charge >= 0.3 is 5.97 Å². The number of carbonyl (C=O) groups is 1. The van der Waals surface area contributed by atoms with E-state index >= 15 is 0 Å². The number of nitrogens with zero attached hydrogens (tertiary/aromatic N) is 1. The highest BCUT2D eigenvalue weighted by Gasteiger charge is 2.33. The van der Waals surface area contributed by atoms with Gasteiger partial charge in [0.1, 0.15) is 17.2 Å². The average Bonchev–Trinajstić information content (AvgIpc) is 2.36. The summed E-state index contributed by atoms with van der Waals surface area (Å²) in [5, 5.41) is 9.74. The van der Waals surface area contributed by atoms with Crippen LogP contribution in [0.5, 0.6) is 0 Å². The molecule has 0 radical (unpaired) electrons. The predicted molar refractivity (Wildman–Crippen MR) is 77.9 cm³/mol. The van der Waals surface area contributed by atoms with E-state index in [9.17, 15) is 4.79 Å². The number of esters is 1. The monoisotopic (exact) mass is 287 g/mol. The number of cyclic esters (lactones) is 1. The number of hydrogen-bond donors (Lipinski definition) is 0. The molecule has 0 saturated heterocycles. The Morgan fingerprint density at radius 3 is 2.55 bits per heavy atom. The van der Waals surface area contributed by atoms with Gasteiger partial charge in [-0.05, 0) is 37.1 Å². The molecule has 1 aromatic rings. The van der Waals surface area contributed by atoms with Crippen LogP contribution in [0.4, 0.5) is 0 Å². The van der Waals surface area contributed by atoms with E-state index in [1.807, 2.05) is 38.1 Å². The molecule has 0 amide bonds. The summed E-state index contributed by atoms with van der Waals surface area (Å²) in [5.74, 6) is -0.556. The van der Waals surface area contributed by atoms with Crippen molar-refractivity contribution in [3.05, 3.63) is 52.1 Å². The molecule has 1 heterocycles. The lowest BCUT2D eigenvalue weighted by atomic mass is 9.91. The van der Waals surface area contributed by atoms with Gasteiger partial charge in [0.25, 0.3) is 0 Å². The van der Waals surface area contributed by atoms with Crippen molar-refractivity contribution in [2.75, 3.05) is 0 Å². The Morgan fingerprint density at radius 2 is 1.95 bits per heavy atom. The molecule has 1 aliphatic heterocycles. The minimum atomic E-state index is -0.586. The molecule has 1 aromatic carbocycles. The number of halogens is 1. The van der Waals surface area contributed by atoms with Gasteiger partial charge in [0.2, 0.25) is 0 Å². The van der Waals surface area contributed by atoms with Gasteiger partial charge in [-0.1, -0.05) is 35.9 Å². The summed E-state index contributed by atoms with van der Waals surface area (Å²) in [6.07, 6.45) is 4.17. The van der Waals surface area contributed by atoms with Crippen LogP contribution in [0.2, 0.25) is 5.02 Å². The SMILES string of the molecule is CC1(C)CC(/C=C/c2ccc(Cl)cc2)=C(C#N)C(=O)O1. The maximum absolute atomic E-state index is 11.8. The molecule has 102 valence electrons. The van der Waals surface area contributed by atoms with Gasteiger partial charge in [-0.15, -0.1) is 0 Å². The minimum Gasteiger partial charge on any atom is -0.455 e. The molecule has 0 saturated carbocycles. The van der Waals surface area contributed by atoms with E-state index in [1.54, 1.807) is 18.2 Å². The normalized spacial score (nSPS) is 18.0. The molecule has 4 heteroatoms. The van der Waals surface area contributed by atoms with Crippen LogP contribution in [0.1, 0.15) is 25.8 Å². The zero-order chi connectivity index (χ0) is 14.8. The second-order valence-corrected chi connectivity index (χ2v) is 5.66. The quantitative estimate of drug-likeness (QED) is 0.775. The van der Waals surface area contributed by atoms with Crippen LogP contribution in [0.25, 0.3) is 6.08 Å². The summed E-state index contributed by atoms with van der Waals surface area (Å²) >= 11 is 5.82. The van der Waals surface area contributed by atoms with Crippen molar-refractivity contribution >= 4 is 23.6 Å². The standard InChI is InChI=1S/C16H14ClNO2/c1-16(2)9-12(14(10-18)15(19)20-16)6-3-11-4-7-13(17)8-5-11/h3-8H,9H2,1-2H3/b6-3+. The van der Waals surface area contributed by atoms with E-state index in [0.29, 0.717) is 17.0 Å². The van der Waals surface area contributed by atoms with Gasteiger partial charge in [0.05, 0.1) is 0 Å². The van der Waals surface area contributed by atoms with E-state index in [0.717, 1.165) is 5.56 Å². The van der Waals surface area contributed by atoms with Crippen molar-refractivity contribution in [3.8, 4) is 6.07 Å². The Morgan fingerprint density at radius 1 is 1.30 bits per heavy atom. The molecule has 0 N–H and O–H groups in total. The molecule has 0 bridgehead atoms. The second-order valence-electron chi connectivity index (χ2n) is 5.22. The van der Waals surface area contributed by atoms with Crippen LogP contribution >= 0.6 is 11.6 Å². The number of hydrogen-bond acceptors (Lipinski definition) is 3. The Kier molecular flexibility index (Phi) is 3.96. The molecule has 3 nitrogen and oxygen atoms in total. The topological polar surface area (TPSA) is 50.1 Å². The van der Waals surface area contributed by atoms with Gasteiger partial charge < -0.3 is 4.74 Å². The van der Waals surface area contributed by atoms with E-state index in [1.165, 1.54) is 0 Å². The summed E-state index contributed by atoms with van der Waals surface area (Å²) in [6.45, 7) is 3.66. The zero-order valence-corrected chi connectivity index (χ0v) is 12.1. The Labute approximate surface area is 123 Å². The van der Waals surface area contributed by atoms with Crippen molar-refractivity contribution in [3.63, 3.8) is 0 Å². The lowest BCUT2D eigenvalue weighted by Crippen LogP contribution is -2.33. The highest BCUT2D eigenvalue weighted by Crippen LogP contribution is 2.30. The van der Waals surface area contributed by atoms with Gasteiger partial charge in [-0.3, -0.25) is 0 Å². The van der Waals surface area contributed by atoms with Crippen molar-refractivity contribution < 1.29 is 9.53 Å². The molecule has 0 unspecified atom stereocenters. The Hall–Kier alpha value is -2.05. The molecule has 0 spiro atoms. The van der Waals surface area contributed by atoms with Gasteiger partial charge in [0, 0.05) is 11.4 Å². The number of ether oxygens (including phenoxy) is 1. The molecular weight excluding hydrogens is 274 g/mol. The molecule has 0 aromatic heterocycles. The van der Waals surface area contributed by atoms with Crippen LogP contribution in [0.3, 0.4) is 0 Å². The smallest absolute Gasteiger partial charge is 0.349 e. The summed E-state index contributed by atoms with van der Waals surface area (Å²) in [7, 11) is 0. The highest BCUT2D eigenvalue weighted by molar-refractivity contribution is 6.30. The number of benzene rings is 1. The van der Waals surface area contributed by atoms with Crippen LogP contribution in [0.15, 0.2) is 41.5 Å². The molecule has 1 aliphatic rings. The van der Waals surface area contributed by atoms with Gasteiger partial charge in [-0.25, -0.2) is 4.79 Å². The van der Waals surface area contributed by atoms with E-state index in [-0.39, 0.29) is 5.57 Å². The number of rotatable bonds is 2. The van der Waals surface area contributed by atoms with Gasteiger partial charge in [-0.2, -0.15) is 5.26 Å². The lowest BCUT2D eigenvalue weighted by molar-refractivity contribution is -0.152. The fourth-order valence-corrected chi connectivity index (χ4v) is 2.17. The molecule has 0 fully saturated rings. The molecule has 20 heavy (non-hydrogen) atoms. The Balaban J connectivity index is 2.32. The third-order valence-corrected chi connectivity index (χ3v) is 3.22. The average molecular weight is 288 g/mol. The van der Waals surface area contributed by atoms with Crippen LogP contribution < -0.4 is 0 Å². The minimum absolute atomic E-state index is 0.0783. The molecular formula is C16H14ClNO2. The Bertz CT molecular complexity index is 633. The summed E-state index contributed by atoms with van der Waals surface area (Å²) in [5.41, 5.74) is 1.14. The van der Waals surface area contributed by atoms with Crippen molar-refractivity contribution in [1.29, 1.82) is 5.26 Å². The molecule has 0 aliphatic carbocycles. The van der Waals surface area contributed by atoms with E-state index < -0.39 is 11.6 Å². The summed E-state index contributed by atoms with van der Waals surface area (Å²) in [6, 6.07) is 9.25. The van der Waals surface area contributed by atoms with E-state index in [2.05, 4.69) is 0 Å². The number of carbonyl (C=O) groups excluding carboxylic acids is 1. The third kappa shape index (κ3) is 3.28. The first-order valence-electron chi connectivity index (χ1n) is 6.21. The second kappa shape index (κ2) is 5.52. The largest absolute Gasteiger partial charge is 0.455 e. The predicted octanol–water partition coefficient (Wildman–Crippen LogP) is 3.90. The van der Waals surface area contributed by atoms with Crippen molar-refractivity contribution in [2.24, 2.45) is 0 Å². The maximum atomic E-state index is 11.8. The first-order valence-corrected chi connectivity index (χ1v) is 6.59. The van der Waals surface area contributed by atoms with Crippen molar-refractivity contribution in [1.82, 2.24) is 0 Å². The number of nitriles is 1. The molecule has 2 rings (SSSR count). The number of allylic oxidation sites excluding steroid dienone is 1. The van der Waals surface area contributed by atoms with E-state index in [4.69, 9.17) is 21.6 Å².